The van der Waals surface area contributed by atoms with E-state index in [2.05, 4.69) is 45.1 Å². The molecule has 11 heteroatoms. The number of aliphatic carboxylic acids is 3. The number of ether oxygens (including phenoxy) is 1. The van der Waals surface area contributed by atoms with E-state index in [-0.39, 0.29) is 17.8 Å². The number of carboxylic acids is 3. The molecule has 0 bridgehead atoms. The number of nitrogens with zero attached hydrogens (tertiary/aromatic N) is 1. The third-order valence-corrected chi connectivity index (χ3v) is 12.0. The monoisotopic (exact) mass is 754 g/mol. The zero-order valence-electron chi connectivity index (χ0n) is 31.8. The fourth-order valence-corrected chi connectivity index (χ4v) is 8.83. The highest BCUT2D eigenvalue weighted by Gasteiger charge is 2.32. The van der Waals surface area contributed by atoms with Crippen molar-refractivity contribution >= 4 is 17.9 Å². The molecule has 0 aromatic heterocycles. The molecule has 3 aromatic carbocycles. The van der Waals surface area contributed by atoms with Gasteiger partial charge < -0.3 is 36.0 Å². The minimum absolute atomic E-state index is 0.118. The molecule has 0 aliphatic carbocycles. The van der Waals surface area contributed by atoms with Gasteiger partial charge in [-0.25, -0.2) is 0 Å². The van der Waals surface area contributed by atoms with Gasteiger partial charge in [0, 0.05) is 19.6 Å². The second-order valence-electron chi connectivity index (χ2n) is 15.9. The van der Waals surface area contributed by atoms with Crippen molar-refractivity contribution < 1.29 is 34.4 Å². The predicted molar refractivity (Wildman–Crippen MR) is 211 cm³/mol. The zero-order chi connectivity index (χ0) is 38.6. The summed E-state index contributed by atoms with van der Waals surface area (Å²) in [5.74, 6) is -2.42. The Bertz CT molecular complexity index is 1720. The summed E-state index contributed by atoms with van der Waals surface area (Å²) < 4.78 is 6.29. The van der Waals surface area contributed by atoms with Crippen LogP contribution in [0.2, 0.25) is 0 Å². The van der Waals surface area contributed by atoms with E-state index in [1.54, 1.807) is 0 Å². The second kappa shape index (κ2) is 20.0. The molecule has 55 heavy (non-hydrogen) atoms. The van der Waals surface area contributed by atoms with E-state index < -0.39 is 35.7 Å². The van der Waals surface area contributed by atoms with Crippen LogP contribution in [0.1, 0.15) is 47.1 Å². The predicted octanol–water partition coefficient (Wildman–Crippen LogP) is 4.37. The molecule has 296 valence electrons. The van der Waals surface area contributed by atoms with Gasteiger partial charge in [0.15, 0.2) is 0 Å². The van der Waals surface area contributed by atoms with Crippen LogP contribution in [-0.2, 0) is 46.6 Å². The topological polar surface area (TPSA) is 160 Å². The normalized spacial score (nSPS) is 21.4. The maximum atomic E-state index is 12.2. The van der Waals surface area contributed by atoms with Crippen LogP contribution in [0.4, 0.5) is 0 Å². The van der Waals surface area contributed by atoms with Gasteiger partial charge in [-0.3, -0.25) is 19.3 Å². The number of carbonyl (C=O) groups is 3. The smallest absolute Gasteiger partial charge is 0.307 e. The van der Waals surface area contributed by atoms with E-state index in [1.165, 1.54) is 0 Å². The molecule has 6 atom stereocenters. The minimum atomic E-state index is -0.757. The molecule has 3 fully saturated rings. The van der Waals surface area contributed by atoms with Crippen molar-refractivity contribution in [2.75, 3.05) is 59.0 Å². The first kappa shape index (κ1) is 40.4. The van der Waals surface area contributed by atoms with Crippen molar-refractivity contribution in [2.24, 2.45) is 35.5 Å². The van der Waals surface area contributed by atoms with E-state index >= 15 is 0 Å². The fraction of sp³-hybridized carbons (Fsp3) is 0.523. The number of hydrogen-bond acceptors (Lipinski definition) is 8. The van der Waals surface area contributed by atoms with Crippen LogP contribution in [0.15, 0.2) is 72.8 Å². The van der Waals surface area contributed by atoms with E-state index in [4.69, 9.17) is 4.74 Å². The molecule has 3 aliphatic rings. The summed E-state index contributed by atoms with van der Waals surface area (Å²) in [6.07, 6.45) is 4.87. The molecule has 3 heterocycles. The number of carboxylic acid groups (broad SMARTS) is 3. The Morgan fingerprint density at radius 2 is 1.04 bits per heavy atom. The molecule has 0 radical (unpaired) electrons. The Hall–Kier alpha value is -4.29. The standard InChI is InChI=1S/C44H58N4O7/c49-42(50)39(35-10-14-45-26-35)23-31-5-1-4-30(20-31)13-17-48(29-34-8-2-6-32(21-34)24-40(43(51)52)36-11-15-46-27-36)18-19-55-38-9-3-7-33(22-38)25-41(44(53)54)37-12-16-47-28-37/h1-9,20-22,35-37,39-41,45-47H,10-19,23-29H2,(H,49,50)(H,51,52)(H,53,54). The molecule has 11 nitrogen and oxygen atoms in total. The van der Waals surface area contributed by atoms with E-state index in [1.807, 2.05) is 48.5 Å². The van der Waals surface area contributed by atoms with Gasteiger partial charge in [0.25, 0.3) is 0 Å². The van der Waals surface area contributed by atoms with Crippen LogP contribution in [0.25, 0.3) is 0 Å². The number of hydrogen-bond donors (Lipinski definition) is 6. The van der Waals surface area contributed by atoms with Gasteiger partial charge in [-0.15, -0.1) is 0 Å². The quantitative estimate of drug-likeness (QED) is 0.0917. The van der Waals surface area contributed by atoms with Gasteiger partial charge in [-0.2, -0.15) is 0 Å². The summed E-state index contributed by atoms with van der Waals surface area (Å²) in [5.41, 5.74) is 5.28. The fourth-order valence-electron chi connectivity index (χ4n) is 8.83. The third kappa shape index (κ3) is 11.9. The van der Waals surface area contributed by atoms with Crippen LogP contribution >= 0.6 is 0 Å². The third-order valence-electron chi connectivity index (χ3n) is 12.0. The minimum Gasteiger partial charge on any atom is -0.492 e. The van der Waals surface area contributed by atoms with Gasteiger partial charge in [-0.05, 0) is 142 Å². The van der Waals surface area contributed by atoms with Gasteiger partial charge in [0.05, 0.1) is 17.8 Å². The SMILES string of the molecule is O=C(O)C(Cc1cccc(CCN(CCOc2cccc(CC(C(=O)O)C3CCNC3)c2)Cc2cccc(CC(C(=O)O)C3CCNC3)c2)c1)C1CCNC1. The van der Waals surface area contributed by atoms with Gasteiger partial charge in [0.2, 0.25) is 0 Å². The summed E-state index contributed by atoms with van der Waals surface area (Å²) in [5, 5.41) is 39.9. The van der Waals surface area contributed by atoms with Gasteiger partial charge >= 0.3 is 17.9 Å². The average molecular weight is 755 g/mol. The molecule has 0 amide bonds. The van der Waals surface area contributed by atoms with Crippen molar-refractivity contribution in [3.63, 3.8) is 0 Å². The van der Waals surface area contributed by atoms with Gasteiger partial charge in [0.1, 0.15) is 12.4 Å². The molecule has 0 spiro atoms. The summed E-state index contributed by atoms with van der Waals surface area (Å²) in [6.45, 7) is 7.27. The van der Waals surface area contributed by atoms with Crippen molar-refractivity contribution in [3.8, 4) is 5.75 Å². The van der Waals surface area contributed by atoms with Crippen LogP contribution in [0, 0.1) is 35.5 Å². The summed E-state index contributed by atoms with van der Waals surface area (Å²) in [4.78, 5) is 38.9. The number of rotatable bonds is 21. The molecule has 6 N–H and O–H groups in total. The molecule has 0 saturated carbocycles. The molecule has 6 rings (SSSR count). The van der Waals surface area contributed by atoms with E-state index in [9.17, 15) is 29.7 Å². The van der Waals surface area contributed by atoms with Crippen LogP contribution < -0.4 is 20.7 Å². The molecule has 3 aliphatic heterocycles. The maximum Gasteiger partial charge on any atom is 0.307 e. The Morgan fingerprint density at radius 3 is 1.51 bits per heavy atom. The van der Waals surface area contributed by atoms with Crippen LogP contribution in [-0.4, -0.2) is 97.1 Å². The highest BCUT2D eigenvalue weighted by Crippen LogP contribution is 2.27. The Kier molecular flexibility index (Phi) is 14.7. The van der Waals surface area contributed by atoms with Gasteiger partial charge in [-0.1, -0.05) is 60.7 Å². The lowest BCUT2D eigenvalue weighted by atomic mass is 9.86. The lowest BCUT2D eigenvalue weighted by Crippen LogP contribution is -2.30. The highest BCUT2D eigenvalue weighted by molar-refractivity contribution is 5.72. The second-order valence-corrected chi connectivity index (χ2v) is 15.9. The van der Waals surface area contributed by atoms with Crippen LogP contribution in [0.3, 0.4) is 0 Å². The first-order valence-corrected chi connectivity index (χ1v) is 20.1. The Labute approximate surface area is 324 Å². The Balaban J connectivity index is 1.12. The Morgan fingerprint density at radius 1 is 0.600 bits per heavy atom. The van der Waals surface area contributed by atoms with Crippen molar-refractivity contribution in [1.29, 1.82) is 0 Å². The first-order chi connectivity index (χ1) is 26.7. The average Bonchev–Trinajstić information content (AvgIpc) is 4.00. The summed E-state index contributed by atoms with van der Waals surface area (Å²) in [6, 6.07) is 24.4. The van der Waals surface area contributed by atoms with Crippen LogP contribution in [0.5, 0.6) is 5.75 Å². The molecule has 3 saturated heterocycles. The molecule has 3 aromatic rings. The lowest BCUT2D eigenvalue weighted by molar-refractivity contribution is -0.144. The first-order valence-electron chi connectivity index (χ1n) is 20.1. The van der Waals surface area contributed by atoms with Crippen molar-refractivity contribution in [3.05, 3.63) is 101 Å². The summed E-state index contributed by atoms with van der Waals surface area (Å²) >= 11 is 0. The molecular formula is C44H58N4O7. The number of benzene rings is 3. The summed E-state index contributed by atoms with van der Waals surface area (Å²) in [7, 11) is 0. The zero-order valence-corrected chi connectivity index (χ0v) is 31.8. The molecule has 6 unspecified atom stereocenters. The van der Waals surface area contributed by atoms with Crippen molar-refractivity contribution in [2.45, 2.75) is 51.5 Å². The van der Waals surface area contributed by atoms with E-state index in [0.717, 1.165) is 99.3 Å². The number of nitrogens with one attached hydrogen (secondary N) is 3. The van der Waals surface area contributed by atoms with E-state index in [0.29, 0.717) is 44.7 Å². The van der Waals surface area contributed by atoms with Crippen molar-refractivity contribution in [1.82, 2.24) is 20.9 Å². The molecular weight excluding hydrogens is 697 g/mol. The maximum absolute atomic E-state index is 12.2. The largest absolute Gasteiger partial charge is 0.492 e. The highest BCUT2D eigenvalue weighted by atomic mass is 16.5. The lowest BCUT2D eigenvalue weighted by Gasteiger charge is -2.24.